The molecule has 0 aliphatic carbocycles. The van der Waals surface area contributed by atoms with Crippen LogP contribution in [0.2, 0.25) is 5.02 Å². The molecule has 1 aliphatic rings. The summed E-state index contributed by atoms with van der Waals surface area (Å²) in [6.07, 6.45) is 6.77. The van der Waals surface area contributed by atoms with E-state index in [-0.39, 0.29) is 11.9 Å². The molecule has 0 bridgehead atoms. The average Bonchev–Trinajstić information content (AvgIpc) is 3.47. The number of aryl methyl sites for hydroxylation is 2. The summed E-state index contributed by atoms with van der Waals surface area (Å²) in [5.74, 6) is 1.08. The molecule has 7 nitrogen and oxygen atoms in total. The Balaban J connectivity index is 1.40. The Bertz CT molecular complexity index is 1280. The van der Waals surface area contributed by atoms with E-state index in [9.17, 15) is 4.79 Å². The van der Waals surface area contributed by atoms with E-state index in [0.717, 1.165) is 36.9 Å². The molecule has 170 valence electrons. The highest BCUT2D eigenvalue weighted by Crippen LogP contribution is 2.30. The summed E-state index contributed by atoms with van der Waals surface area (Å²) in [4.78, 5) is 22.0. The van der Waals surface area contributed by atoms with Gasteiger partial charge in [-0.05, 0) is 56.4 Å². The molecule has 5 rings (SSSR count). The molecule has 33 heavy (non-hydrogen) atoms. The second-order valence-corrected chi connectivity index (χ2v) is 9.22. The molecular formula is C25H26ClN5O2. The van der Waals surface area contributed by atoms with Crippen LogP contribution in [-0.4, -0.2) is 43.4 Å². The van der Waals surface area contributed by atoms with Gasteiger partial charge in [-0.1, -0.05) is 30.2 Å². The van der Waals surface area contributed by atoms with E-state index in [1.807, 2.05) is 42.2 Å². The van der Waals surface area contributed by atoms with Crippen LogP contribution in [0.25, 0.3) is 16.8 Å². The molecular weight excluding hydrogens is 438 g/mol. The maximum atomic E-state index is 13.8. The van der Waals surface area contributed by atoms with Gasteiger partial charge < -0.3 is 9.32 Å². The highest BCUT2D eigenvalue weighted by atomic mass is 35.5. The van der Waals surface area contributed by atoms with Crippen molar-refractivity contribution in [3.63, 3.8) is 0 Å². The highest BCUT2D eigenvalue weighted by molar-refractivity contribution is 6.31. The topological polar surface area (TPSA) is 77.1 Å². The molecule has 3 heterocycles. The Kier molecular flexibility index (Phi) is 5.89. The van der Waals surface area contributed by atoms with Crippen molar-refractivity contribution in [1.82, 2.24) is 24.9 Å². The molecule has 0 N–H and O–H groups in total. The average molecular weight is 464 g/mol. The predicted molar refractivity (Wildman–Crippen MR) is 127 cm³/mol. The minimum Gasteiger partial charge on any atom is -0.441 e. The van der Waals surface area contributed by atoms with Crippen molar-refractivity contribution in [2.24, 2.45) is 5.92 Å². The Morgan fingerprint density at radius 2 is 2.00 bits per heavy atom. The maximum Gasteiger partial charge on any atom is 0.256 e. The smallest absolute Gasteiger partial charge is 0.256 e. The number of amides is 1. The van der Waals surface area contributed by atoms with Gasteiger partial charge in [-0.2, -0.15) is 15.0 Å². The number of hydrogen-bond acceptors (Lipinski definition) is 5. The fourth-order valence-corrected chi connectivity index (χ4v) is 4.92. The number of aromatic nitrogens is 4. The van der Waals surface area contributed by atoms with Gasteiger partial charge in [-0.15, -0.1) is 0 Å². The molecule has 1 aliphatic heterocycles. The predicted octanol–water partition coefficient (Wildman–Crippen LogP) is 5.24. The lowest BCUT2D eigenvalue weighted by Crippen LogP contribution is -2.48. The molecule has 8 heteroatoms. The lowest BCUT2D eigenvalue weighted by molar-refractivity contribution is 0.0495. The van der Waals surface area contributed by atoms with Crippen molar-refractivity contribution < 1.29 is 9.21 Å². The van der Waals surface area contributed by atoms with E-state index in [1.54, 1.807) is 18.5 Å². The van der Waals surface area contributed by atoms with E-state index >= 15 is 0 Å². The number of halogens is 1. The number of fused-ring (bicyclic) bond motifs is 1. The first-order valence-corrected chi connectivity index (χ1v) is 11.7. The van der Waals surface area contributed by atoms with Gasteiger partial charge in [0.05, 0.1) is 23.6 Å². The van der Waals surface area contributed by atoms with E-state index in [1.165, 1.54) is 4.80 Å². The van der Waals surface area contributed by atoms with Gasteiger partial charge in [0.15, 0.2) is 11.5 Å². The van der Waals surface area contributed by atoms with Crippen LogP contribution in [0.1, 0.15) is 48.0 Å². The zero-order valence-electron chi connectivity index (χ0n) is 18.7. The van der Waals surface area contributed by atoms with E-state index in [0.29, 0.717) is 40.1 Å². The highest BCUT2D eigenvalue weighted by Gasteiger charge is 2.33. The van der Waals surface area contributed by atoms with Gasteiger partial charge in [0, 0.05) is 30.1 Å². The molecule has 0 saturated carbocycles. The normalized spacial score (nSPS) is 18.7. The molecule has 0 radical (unpaired) electrons. The van der Waals surface area contributed by atoms with Crippen LogP contribution in [0.4, 0.5) is 0 Å². The fraction of sp³-hybridized carbons (Fsp3) is 0.360. The van der Waals surface area contributed by atoms with Crippen LogP contribution in [0.5, 0.6) is 0 Å². The molecule has 1 fully saturated rings. The van der Waals surface area contributed by atoms with Crippen LogP contribution in [-0.2, 0) is 6.42 Å². The number of hydrogen-bond donors (Lipinski definition) is 0. The Hall–Kier alpha value is -3.19. The van der Waals surface area contributed by atoms with Crippen LogP contribution in [0, 0.1) is 12.8 Å². The van der Waals surface area contributed by atoms with E-state index < -0.39 is 0 Å². The molecule has 2 aromatic carbocycles. The summed E-state index contributed by atoms with van der Waals surface area (Å²) in [5.41, 5.74) is 3.85. The molecule has 1 amide bonds. The van der Waals surface area contributed by atoms with Crippen molar-refractivity contribution in [2.75, 3.05) is 6.54 Å². The van der Waals surface area contributed by atoms with E-state index in [2.05, 4.69) is 22.1 Å². The van der Waals surface area contributed by atoms with Crippen LogP contribution in [0.15, 0.2) is 53.2 Å². The van der Waals surface area contributed by atoms with Crippen LogP contribution in [0.3, 0.4) is 0 Å². The number of carbonyl (C=O) groups excluding carboxylic acids is 1. The second kappa shape index (κ2) is 8.98. The van der Waals surface area contributed by atoms with Gasteiger partial charge in [-0.25, -0.2) is 4.98 Å². The van der Waals surface area contributed by atoms with Crippen LogP contribution >= 0.6 is 11.6 Å². The second-order valence-electron chi connectivity index (χ2n) is 8.78. The summed E-state index contributed by atoms with van der Waals surface area (Å²) in [6, 6.07) is 11.4. The van der Waals surface area contributed by atoms with Gasteiger partial charge in [0.25, 0.3) is 5.91 Å². The van der Waals surface area contributed by atoms with Crippen molar-refractivity contribution in [3.8, 4) is 5.69 Å². The Morgan fingerprint density at radius 3 is 2.82 bits per heavy atom. The summed E-state index contributed by atoms with van der Waals surface area (Å²) in [5, 5.41) is 9.12. The third kappa shape index (κ3) is 4.37. The zero-order valence-corrected chi connectivity index (χ0v) is 19.5. The van der Waals surface area contributed by atoms with Crippen molar-refractivity contribution in [2.45, 2.75) is 45.6 Å². The number of benzene rings is 2. The first-order chi connectivity index (χ1) is 16.0. The Labute approximate surface area is 197 Å². The van der Waals surface area contributed by atoms with Gasteiger partial charge in [-0.3, -0.25) is 4.79 Å². The third-order valence-corrected chi connectivity index (χ3v) is 6.68. The van der Waals surface area contributed by atoms with Crippen molar-refractivity contribution in [3.05, 3.63) is 70.8 Å². The molecule has 0 unspecified atom stereocenters. The van der Waals surface area contributed by atoms with Gasteiger partial charge in [0.2, 0.25) is 0 Å². The standard InChI is InChI=1S/C25H26ClN5O2/c1-16-5-8-22(31-27-11-12-28-31)19(14-16)25(32)30-13-3-4-17(2)21(30)9-10-24-29-20-7-6-18(26)15-23(20)33-24/h5-8,11-12,14-15,17,21H,3-4,9-10,13H2,1-2H3/t17-,21-/m1/s1. The lowest BCUT2D eigenvalue weighted by Gasteiger charge is -2.40. The number of carbonyl (C=O) groups is 1. The molecule has 0 spiro atoms. The first kappa shape index (κ1) is 21.6. The zero-order chi connectivity index (χ0) is 22.9. The SMILES string of the molecule is Cc1ccc(-n2nccn2)c(C(=O)N2CCC[C@@H](C)[C@H]2CCc2nc3ccc(Cl)cc3o2)c1. The first-order valence-electron chi connectivity index (χ1n) is 11.3. The summed E-state index contributed by atoms with van der Waals surface area (Å²) >= 11 is 6.08. The van der Waals surface area contributed by atoms with E-state index in [4.69, 9.17) is 16.0 Å². The molecule has 1 saturated heterocycles. The Morgan fingerprint density at radius 1 is 1.18 bits per heavy atom. The molecule has 2 aromatic heterocycles. The molecule has 2 atom stereocenters. The summed E-state index contributed by atoms with van der Waals surface area (Å²) in [7, 11) is 0. The van der Waals surface area contributed by atoms with Gasteiger partial charge >= 0.3 is 0 Å². The monoisotopic (exact) mass is 463 g/mol. The van der Waals surface area contributed by atoms with Crippen molar-refractivity contribution in [1.29, 1.82) is 0 Å². The summed E-state index contributed by atoms with van der Waals surface area (Å²) in [6.45, 7) is 4.95. The molecule has 4 aromatic rings. The maximum absolute atomic E-state index is 13.8. The number of piperidine rings is 1. The third-order valence-electron chi connectivity index (χ3n) is 6.44. The number of rotatable bonds is 5. The van der Waals surface area contributed by atoms with Crippen LogP contribution < -0.4 is 0 Å². The fourth-order valence-electron chi connectivity index (χ4n) is 4.76. The largest absolute Gasteiger partial charge is 0.441 e. The summed E-state index contributed by atoms with van der Waals surface area (Å²) < 4.78 is 5.92. The minimum atomic E-state index is 0.0203. The van der Waals surface area contributed by atoms with Crippen molar-refractivity contribution >= 4 is 28.6 Å². The quantitative estimate of drug-likeness (QED) is 0.404. The number of likely N-dealkylation sites (tertiary alicyclic amines) is 1. The lowest BCUT2D eigenvalue weighted by atomic mass is 9.87. The number of nitrogens with zero attached hydrogens (tertiary/aromatic N) is 5. The van der Waals surface area contributed by atoms with Gasteiger partial charge in [0.1, 0.15) is 5.52 Å². The number of oxazole rings is 1. The minimum absolute atomic E-state index is 0.0203.